The number of aryl methyl sites for hydroxylation is 1. The fourth-order valence-corrected chi connectivity index (χ4v) is 1.59. The number of rotatable bonds is 5. The Morgan fingerprint density at radius 1 is 1.39 bits per heavy atom. The SMILES string of the molecule is COc1ccc(C(F)(F)F)cc1CCC(O)CN. The fraction of sp³-hybridized carbons (Fsp3) is 0.500. The van der Waals surface area contributed by atoms with Crippen molar-refractivity contribution in [2.75, 3.05) is 13.7 Å². The van der Waals surface area contributed by atoms with Gasteiger partial charge in [-0.25, -0.2) is 0 Å². The molecular formula is C12H16F3NO2. The Hall–Kier alpha value is -1.27. The van der Waals surface area contributed by atoms with Gasteiger partial charge in [-0.05, 0) is 36.6 Å². The van der Waals surface area contributed by atoms with Crippen molar-refractivity contribution >= 4 is 0 Å². The van der Waals surface area contributed by atoms with Crippen LogP contribution < -0.4 is 10.5 Å². The molecule has 3 nitrogen and oxygen atoms in total. The summed E-state index contributed by atoms with van der Waals surface area (Å²) >= 11 is 0. The zero-order chi connectivity index (χ0) is 13.8. The molecule has 1 aromatic carbocycles. The Morgan fingerprint density at radius 3 is 2.56 bits per heavy atom. The highest BCUT2D eigenvalue weighted by Crippen LogP contribution is 2.33. The number of aliphatic hydroxyl groups is 1. The van der Waals surface area contributed by atoms with E-state index in [-0.39, 0.29) is 13.0 Å². The molecule has 0 aliphatic heterocycles. The number of methoxy groups -OCH3 is 1. The molecule has 0 aliphatic carbocycles. The van der Waals surface area contributed by atoms with Gasteiger partial charge < -0.3 is 15.6 Å². The van der Waals surface area contributed by atoms with Crippen molar-refractivity contribution in [1.29, 1.82) is 0 Å². The summed E-state index contributed by atoms with van der Waals surface area (Å²) in [5.74, 6) is 0.382. The van der Waals surface area contributed by atoms with E-state index in [9.17, 15) is 18.3 Å². The van der Waals surface area contributed by atoms with Gasteiger partial charge in [0.25, 0.3) is 0 Å². The van der Waals surface area contributed by atoms with Crippen molar-refractivity contribution in [3.05, 3.63) is 29.3 Å². The molecule has 3 N–H and O–H groups in total. The zero-order valence-electron chi connectivity index (χ0n) is 10.00. The van der Waals surface area contributed by atoms with Gasteiger partial charge in [-0.1, -0.05) is 0 Å². The van der Waals surface area contributed by atoms with Crippen molar-refractivity contribution in [2.45, 2.75) is 25.1 Å². The smallest absolute Gasteiger partial charge is 0.416 e. The predicted molar refractivity (Wildman–Crippen MR) is 61.4 cm³/mol. The van der Waals surface area contributed by atoms with E-state index in [0.29, 0.717) is 17.7 Å². The van der Waals surface area contributed by atoms with Crippen LogP contribution in [0.3, 0.4) is 0 Å². The van der Waals surface area contributed by atoms with Gasteiger partial charge >= 0.3 is 6.18 Å². The van der Waals surface area contributed by atoms with Crippen LogP contribution in [-0.2, 0) is 12.6 Å². The van der Waals surface area contributed by atoms with Gasteiger partial charge in [-0.2, -0.15) is 13.2 Å². The third kappa shape index (κ3) is 3.89. The lowest BCUT2D eigenvalue weighted by atomic mass is 10.0. The molecule has 1 atom stereocenters. The summed E-state index contributed by atoms with van der Waals surface area (Å²) in [5.41, 5.74) is 4.94. The molecule has 1 rings (SSSR count). The van der Waals surface area contributed by atoms with Crippen molar-refractivity contribution < 1.29 is 23.0 Å². The molecule has 0 aliphatic rings. The second-order valence-electron chi connectivity index (χ2n) is 3.95. The van der Waals surface area contributed by atoms with Crippen LogP contribution >= 0.6 is 0 Å². The number of nitrogens with two attached hydrogens (primary N) is 1. The van der Waals surface area contributed by atoms with Crippen LogP contribution in [0.25, 0.3) is 0 Å². The van der Waals surface area contributed by atoms with E-state index >= 15 is 0 Å². The summed E-state index contributed by atoms with van der Waals surface area (Å²) in [5, 5.41) is 9.32. The summed E-state index contributed by atoms with van der Waals surface area (Å²) < 4.78 is 42.7. The molecule has 18 heavy (non-hydrogen) atoms. The van der Waals surface area contributed by atoms with Crippen LogP contribution in [0.2, 0.25) is 0 Å². The number of benzene rings is 1. The molecule has 0 fully saturated rings. The number of aliphatic hydroxyl groups excluding tert-OH is 1. The second kappa shape index (κ2) is 6.06. The minimum absolute atomic E-state index is 0.0846. The van der Waals surface area contributed by atoms with Crippen molar-refractivity contribution in [1.82, 2.24) is 0 Å². The quantitative estimate of drug-likeness (QED) is 0.854. The lowest BCUT2D eigenvalue weighted by Gasteiger charge is -2.14. The van der Waals surface area contributed by atoms with Gasteiger partial charge in [0.15, 0.2) is 0 Å². The molecule has 0 saturated carbocycles. The first-order valence-electron chi connectivity index (χ1n) is 5.50. The highest BCUT2D eigenvalue weighted by molar-refractivity contribution is 5.38. The third-order valence-electron chi connectivity index (χ3n) is 2.63. The summed E-state index contributed by atoms with van der Waals surface area (Å²) in [7, 11) is 1.39. The van der Waals surface area contributed by atoms with Crippen LogP contribution in [0.15, 0.2) is 18.2 Å². The molecule has 0 bridgehead atoms. The van der Waals surface area contributed by atoms with Crippen LogP contribution in [0, 0.1) is 0 Å². The molecule has 6 heteroatoms. The third-order valence-corrected chi connectivity index (χ3v) is 2.63. The summed E-state index contributed by atoms with van der Waals surface area (Å²) in [6.07, 6.45) is -4.52. The number of ether oxygens (including phenoxy) is 1. The lowest BCUT2D eigenvalue weighted by molar-refractivity contribution is -0.137. The molecule has 0 aromatic heterocycles. The van der Waals surface area contributed by atoms with Gasteiger partial charge in [0.2, 0.25) is 0 Å². The number of hydrogen-bond donors (Lipinski definition) is 2. The average molecular weight is 263 g/mol. The second-order valence-corrected chi connectivity index (χ2v) is 3.95. The first kappa shape index (κ1) is 14.8. The fourth-order valence-electron chi connectivity index (χ4n) is 1.59. The zero-order valence-corrected chi connectivity index (χ0v) is 10.00. The Morgan fingerprint density at radius 2 is 2.06 bits per heavy atom. The van der Waals surface area contributed by atoms with Gasteiger partial charge in [0.1, 0.15) is 5.75 Å². The first-order chi connectivity index (χ1) is 8.38. The minimum Gasteiger partial charge on any atom is -0.496 e. The van der Waals surface area contributed by atoms with Crippen LogP contribution in [0.5, 0.6) is 5.75 Å². The van der Waals surface area contributed by atoms with E-state index in [1.807, 2.05) is 0 Å². The maximum Gasteiger partial charge on any atom is 0.416 e. The normalized spacial score (nSPS) is 13.4. The predicted octanol–water partition coefficient (Wildman–Crippen LogP) is 1.97. The largest absolute Gasteiger partial charge is 0.496 e. The monoisotopic (exact) mass is 263 g/mol. The topological polar surface area (TPSA) is 55.5 Å². The van der Waals surface area contributed by atoms with Crippen LogP contribution in [0.1, 0.15) is 17.5 Å². The average Bonchev–Trinajstić information content (AvgIpc) is 2.34. The number of alkyl halides is 3. The molecule has 102 valence electrons. The van der Waals surface area contributed by atoms with Crippen LogP contribution in [-0.4, -0.2) is 24.9 Å². The maximum atomic E-state index is 12.6. The number of halogens is 3. The molecule has 0 spiro atoms. The summed E-state index contributed by atoms with van der Waals surface area (Å²) in [4.78, 5) is 0. The highest BCUT2D eigenvalue weighted by atomic mass is 19.4. The van der Waals surface area contributed by atoms with E-state index in [1.165, 1.54) is 13.2 Å². The van der Waals surface area contributed by atoms with E-state index in [1.54, 1.807) is 0 Å². The van der Waals surface area contributed by atoms with Crippen molar-refractivity contribution in [3.8, 4) is 5.75 Å². The molecule has 0 radical (unpaired) electrons. The minimum atomic E-state index is -4.38. The maximum absolute atomic E-state index is 12.6. The Bertz CT molecular complexity index is 393. The van der Waals surface area contributed by atoms with Crippen LogP contribution in [0.4, 0.5) is 13.2 Å². The standard InChI is InChI=1S/C12H16F3NO2/c1-18-11-5-3-9(12(13,14)15)6-8(11)2-4-10(17)7-16/h3,5-6,10,17H,2,4,7,16H2,1H3. The van der Waals surface area contributed by atoms with E-state index < -0.39 is 17.8 Å². The van der Waals surface area contributed by atoms with Gasteiger partial charge in [-0.15, -0.1) is 0 Å². The highest BCUT2D eigenvalue weighted by Gasteiger charge is 2.31. The summed E-state index contributed by atoms with van der Waals surface area (Å²) in [6.45, 7) is 0.0846. The molecule has 1 unspecified atom stereocenters. The van der Waals surface area contributed by atoms with E-state index in [2.05, 4.69) is 0 Å². The van der Waals surface area contributed by atoms with Crippen molar-refractivity contribution in [3.63, 3.8) is 0 Å². The Balaban J connectivity index is 2.92. The van der Waals surface area contributed by atoms with Gasteiger partial charge in [0.05, 0.1) is 18.8 Å². The molecule has 1 aromatic rings. The lowest BCUT2D eigenvalue weighted by Crippen LogP contribution is -2.20. The molecular weight excluding hydrogens is 247 g/mol. The number of hydrogen-bond acceptors (Lipinski definition) is 3. The molecule has 0 heterocycles. The Labute approximate surface area is 103 Å². The van der Waals surface area contributed by atoms with Crippen molar-refractivity contribution in [2.24, 2.45) is 5.73 Å². The first-order valence-corrected chi connectivity index (χ1v) is 5.50. The molecule has 0 saturated heterocycles. The van der Waals surface area contributed by atoms with Gasteiger partial charge in [-0.3, -0.25) is 0 Å². The van der Waals surface area contributed by atoms with E-state index in [0.717, 1.165) is 12.1 Å². The Kier molecular flexibility index (Phi) is 4.98. The van der Waals surface area contributed by atoms with E-state index in [4.69, 9.17) is 10.5 Å². The summed E-state index contributed by atoms with van der Waals surface area (Å²) in [6, 6.07) is 3.30. The van der Waals surface area contributed by atoms with Gasteiger partial charge in [0, 0.05) is 6.54 Å². The molecule has 0 amide bonds.